The highest BCUT2D eigenvalue weighted by molar-refractivity contribution is 5.89. The van der Waals surface area contributed by atoms with Gasteiger partial charge in [-0.3, -0.25) is 0 Å². The van der Waals surface area contributed by atoms with E-state index in [0.29, 0.717) is 12.2 Å². The Kier molecular flexibility index (Phi) is 5.77. The summed E-state index contributed by atoms with van der Waals surface area (Å²) in [7, 11) is 1.82. The lowest BCUT2D eigenvalue weighted by atomic mass is 10.2. The third-order valence-electron chi connectivity index (χ3n) is 2.31. The fourth-order valence-electron chi connectivity index (χ4n) is 1.42. The number of amides is 2. The molecule has 5 N–H and O–H groups in total. The van der Waals surface area contributed by atoms with E-state index in [4.69, 9.17) is 10.2 Å². The Hall–Kier alpha value is -2.12. The van der Waals surface area contributed by atoms with Gasteiger partial charge >= 0.3 is 12.0 Å². The molecule has 7 nitrogen and oxygen atoms in total. The molecule has 1 aromatic rings. The predicted molar refractivity (Wildman–Crippen MR) is 69.9 cm³/mol. The second kappa shape index (κ2) is 7.34. The molecule has 0 unspecified atom stereocenters. The normalized spacial score (nSPS) is 11.7. The first kappa shape index (κ1) is 14.9. The lowest BCUT2D eigenvalue weighted by Crippen LogP contribution is -2.38. The van der Waals surface area contributed by atoms with E-state index >= 15 is 0 Å². The Balaban J connectivity index is 2.48. The molecule has 0 saturated heterocycles. The van der Waals surface area contributed by atoms with Gasteiger partial charge in [-0.15, -0.1) is 0 Å². The van der Waals surface area contributed by atoms with E-state index in [0.717, 1.165) is 5.56 Å². The van der Waals surface area contributed by atoms with E-state index in [1.807, 2.05) is 13.1 Å². The average Bonchev–Trinajstić information content (AvgIpc) is 2.36. The van der Waals surface area contributed by atoms with E-state index in [2.05, 4.69) is 16.0 Å². The van der Waals surface area contributed by atoms with Crippen molar-refractivity contribution in [1.29, 1.82) is 0 Å². The lowest BCUT2D eigenvalue weighted by molar-refractivity contribution is -0.146. The monoisotopic (exact) mass is 267 g/mol. The number of carboxylic acid groups (broad SMARTS) is 1. The zero-order valence-corrected chi connectivity index (χ0v) is 10.5. The second-order valence-corrected chi connectivity index (χ2v) is 3.92. The molecule has 19 heavy (non-hydrogen) atoms. The molecule has 1 aromatic carbocycles. The smallest absolute Gasteiger partial charge is 0.334 e. The number of aliphatic hydroxyl groups excluding tert-OH is 1. The van der Waals surface area contributed by atoms with Crippen LogP contribution < -0.4 is 16.0 Å². The highest BCUT2D eigenvalue weighted by Gasteiger charge is 2.13. The van der Waals surface area contributed by atoms with Crippen molar-refractivity contribution in [3.8, 4) is 0 Å². The molecule has 0 spiro atoms. The molecule has 0 saturated carbocycles. The van der Waals surface area contributed by atoms with Crippen molar-refractivity contribution in [1.82, 2.24) is 10.6 Å². The van der Waals surface area contributed by atoms with Crippen LogP contribution in [0.5, 0.6) is 0 Å². The first-order valence-corrected chi connectivity index (χ1v) is 5.72. The minimum atomic E-state index is -1.61. The topological polar surface area (TPSA) is 111 Å². The Bertz CT molecular complexity index is 450. The third kappa shape index (κ3) is 5.36. The van der Waals surface area contributed by atoms with Gasteiger partial charge in [0.25, 0.3) is 0 Å². The molecule has 1 atom stereocenters. The van der Waals surface area contributed by atoms with Gasteiger partial charge in [0, 0.05) is 12.2 Å². The fourth-order valence-corrected chi connectivity index (χ4v) is 1.42. The maximum atomic E-state index is 11.5. The van der Waals surface area contributed by atoms with Crippen LogP contribution in [0.1, 0.15) is 5.56 Å². The first-order valence-electron chi connectivity index (χ1n) is 5.72. The van der Waals surface area contributed by atoms with Crippen LogP contribution in [0, 0.1) is 0 Å². The summed E-state index contributed by atoms with van der Waals surface area (Å²) in [6.45, 7) is 0.326. The minimum Gasteiger partial charge on any atom is -0.479 e. The highest BCUT2D eigenvalue weighted by Crippen LogP contribution is 2.10. The number of urea groups is 1. The number of anilines is 1. The summed E-state index contributed by atoms with van der Waals surface area (Å²) in [6, 6.07) is 6.65. The molecule has 0 radical (unpaired) electrons. The molecule has 0 aromatic heterocycles. The van der Waals surface area contributed by atoms with Crippen LogP contribution in [0.3, 0.4) is 0 Å². The Morgan fingerprint density at radius 2 is 2.11 bits per heavy atom. The van der Waals surface area contributed by atoms with E-state index in [1.54, 1.807) is 18.2 Å². The van der Waals surface area contributed by atoms with Gasteiger partial charge in [0.1, 0.15) is 0 Å². The standard InChI is InChI=1S/C12H17N3O4/c1-13-6-8-3-2-4-9(5-8)15-12(19)14-7-10(16)11(17)18/h2-5,10,13,16H,6-7H2,1H3,(H,17,18)(H2,14,15,19)/t10-/m0/s1. The zero-order valence-electron chi connectivity index (χ0n) is 10.5. The number of benzene rings is 1. The van der Waals surface area contributed by atoms with Crippen molar-refractivity contribution in [3.63, 3.8) is 0 Å². The number of aliphatic carboxylic acids is 1. The lowest BCUT2D eigenvalue weighted by Gasteiger charge is -2.10. The molecule has 2 amide bonds. The molecule has 0 aliphatic rings. The van der Waals surface area contributed by atoms with Gasteiger partial charge in [-0.1, -0.05) is 12.1 Å². The van der Waals surface area contributed by atoms with Crippen LogP contribution in [-0.2, 0) is 11.3 Å². The van der Waals surface area contributed by atoms with Gasteiger partial charge in [-0.25, -0.2) is 9.59 Å². The van der Waals surface area contributed by atoms with E-state index in [-0.39, 0.29) is 6.54 Å². The van der Waals surface area contributed by atoms with Crippen molar-refractivity contribution >= 4 is 17.7 Å². The van der Waals surface area contributed by atoms with Crippen LogP contribution in [0.2, 0.25) is 0 Å². The van der Waals surface area contributed by atoms with Crippen molar-refractivity contribution in [2.75, 3.05) is 18.9 Å². The van der Waals surface area contributed by atoms with E-state index in [1.165, 1.54) is 0 Å². The first-order chi connectivity index (χ1) is 9.02. The summed E-state index contributed by atoms with van der Waals surface area (Å²) in [4.78, 5) is 21.8. The van der Waals surface area contributed by atoms with Gasteiger partial charge in [0.2, 0.25) is 0 Å². The van der Waals surface area contributed by atoms with Crippen LogP contribution >= 0.6 is 0 Å². The van der Waals surface area contributed by atoms with E-state index < -0.39 is 18.1 Å². The highest BCUT2D eigenvalue weighted by atomic mass is 16.4. The average molecular weight is 267 g/mol. The number of hydrogen-bond acceptors (Lipinski definition) is 4. The Labute approximate surface area is 110 Å². The van der Waals surface area contributed by atoms with Crippen molar-refractivity contribution in [3.05, 3.63) is 29.8 Å². The number of carbonyl (C=O) groups is 2. The fraction of sp³-hybridized carbons (Fsp3) is 0.333. The van der Waals surface area contributed by atoms with Crippen molar-refractivity contribution in [2.24, 2.45) is 0 Å². The number of nitrogens with one attached hydrogen (secondary N) is 3. The molecule has 104 valence electrons. The number of rotatable bonds is 6. The van der Waals surface area contributed by atoms with Crippen molar-refractivity contribution < 1.29 is 19.8 Å². The molecule has 1 rings (SSSR count). The Morgan fingerprint density at radius 3 is 2.74 bits per heavy atom. The van der Waals surface area contributed by atoms with E-state index in [9.17, 15) is 9.59 Å². The number of aliphatic hydroxyl groups is 1. The summed E-state index contributed by atoms with van der Waals surface area (Å²) in [5, 5.41) is 25.3. The Morgan fingerprint density at radius 1 is 1.37 bits per heavy atom. The van der Waals surface area contributed by atoms with Crippen LogP contribution in [0.15, 0.2) is 24.3 Å². The third-order valence-corrected chi connectivity index (χ3v) is 2.31. The maximum absolute atomic E-state index is 11.5. The summed E-state index contributed by atoms with van der Waals surface area (Å²) in [5.41, 5.74) is 1.60. The summed E-state index contributed by atoms with van der Waals surface area (Å²) in [6.07, 6.45) is -1.61. The summed E-state index contributed by atoms with van der Waals surface area (Å²) < 4.78 is 0. The maximum Gasteiger partial charge on any atom is 0.334 e. The van der Waals surface area contributed by atoms with Gasteiger partial charge in [0.15, 0.2) is 6.10 Å². The van der Waals surface area contributed by atoms with Crippen LogP contribution in [0.4, 0.5) is 10.5 Å². The molecule has 0 aliphatic carbocycles. The molecule has 0 heterocycles. The predicted octanol–water partition coefficient (Wildman–Crippen LogP) is -0.0270. The molecular weight excluding hydrogens is 250 g/mol. The molecular formula is C12H17N3O4. The summed E-state index contributed by atoms with van der Waals surface area (Å²) >= 11 is 0. The van der Waals surface area contributed by atoms with Gasteiger partial charge in [-0.2, -0.15) is 0 Å². The molecule has 7 heteroatoms. The van der Waals surface area contributed by atoms with Crippen LogP contribution in [0.25, 0.3) is 0 Å². The quantitative estimate of drug-likeness (QED) is 0.497. The number of carboxylic acids is 1. The second-order valence-electron chi connectivity index (χ2n) is 3.92. The SMILES string of the molecule is CNCc1cccc(NC(=O)NC[C@H](O)C(=O)O)c1. The molecule has 0 fully saturated rings. The molecule has 0 bridgehead atoms. The number of carbonyl (C=O) groups excluding carboxylic acids is 1. The zero-order chi connectivity index (χ0) is 14.3. The summed E-state index contributed by atoms with van der Waals surface area (Å²) in [5.74, 6) is -1.38. The van der Waals surface area contributed by atoms with Crippen LogP contribution in [-0.4, -0.2) is 41.9 Å². The largest absolute Gasteiger partial charge is 0.479 e. The van der Waals surface area contributed by atoms with Gasteiger partial charge in [0.05, 0.1) is 6.54 Å². The van der Waals surface area contributed by atoms with Gasteiger partial charge < -0.3 is 26.2 Å². The molecule has 0 aliphatic heterocycles. The minimum absolute atomic E-state index is 0.350. The van der Waals surface area contributed by atoms with Crippen molar-refractivity contribution in [2.45, 2.75) is 12.6 Å². The number of hydrogen-bond donors (Lipinski definition) is 5. The van der Waals surface area contributed by atoms with Gasteiger partial charge in [-0.05, 0) is 24.7 Å².